The van der Waals surface area contributed by atoms with E-state index < -0.39 is 11.6 Å². The van der Waals surface area contributed by atoms with Gasteiger partial charge in [0.05, 0.1) is 6.42 Å². The maximum absolute atomic E-state index is 10.9. The van der Waals surface area contributed by atoms with E-state index in [2.05, 4.69) is 5.92 Å². The molecule has 1 aromatic carbocycles. The SMILES string of the molecule is C#CCC(O)(C(=O)O)c1ccccc1. The molecule has 3 heteroatoms. The van der Waals surface area contributed by atoms with Crippen molar-refractivity contribution in [2.24, 2.45) is 0 Å². The fourth-order valence-electron chi connectivity index (χ4n) is 1.16. The van der Waals surface area contributed by atoms with Gasteiger partial charge >= 0.3 is 5.97 Å². The lowest BCUT2D eigenvalue weighted by Crippen LogP contribution is -2.35. The smallest absolute Gasteiger partial charge is 0.341 e. The number of terminal acetylenes is 1. The van der Waals surface area contributed by atoms with Crippen molar-refractivity contribution in [2.75, 3.05) is 0 Å². The van der Waals surface area contributed by atoms with Crippen molar-refractivity contribution in [1.82, 2.24) is 0 Å². The Kier molecular flexibility index (Phi) is 2.90. The monoisotopic (exact) mass is 190 g/mol. The highest BCUT2D eigenvalue weighted by atomic mass is 16.4. The van der Waals surface area contributed by atoms with Gasteiger partial charge in [-0.2, -0.15) is 0 Å². The summed E-state index contributed by atoms with van der Waals surface area (Å²) in [5.74, 6) is 0.825. The molecule has 2 N–H and O–H groups in total. The summed E-state index contributed by atoms with van der Waals surface area (Å²) >= 11 is 0. The Morgan fingerprint density at radius 2 is 2.00 bits per heavy atom. The summed E-state index contributed by atoms with van der Waals surface area (Å²) in [5, 5.41) is 18.7. The number of aliphatic hydroxyl groups is 1. The summed E-state index contributed by atoms with van der Waals surface area (Å²) in [6.45, 7) is 0. The van der Waals surface area contributed by atoms with E-state index in [4.69, 9.17) is 11.5 Å². The number of carbonyl (C=O) groups is 1. The summed E-state index contributed by atoms with van der Waals surface area (Å²) in [7, 11) is 0. The third-order valence-corrected chi connectivity index (χ3v) is 1.96. The molecule has 0 bridgehead atoms. The van der Waals surface area contributed by atoms with Crippen LogP contribution in [-0.2, 0) is 10.4 Å². The molecular weight excluding hydrogens is 180 g/mol. The first kappa shape index (κ1) is 10.3. The fourth-order valence-corrected chi connectivity index (χ4v) is 1.16. The molecule has 0 fully saturated rings. The normalized spacial score (nSPS) is 14.0. The highest BCUT2D eigenvalue weighted by Crippen LogP contribution is 2.24. The number of rotatable bonds is 3. The second-order valence-electron chi connectivity index (χ2n) is 2.91. The predicted molar refractivity (Wildman–Crippen MR) is 51.4 cm³/mol. The Labute approximate surface area is 82.0 Å². The van der Waals surface area contributed by atoms with Crippen molar-refractivity contribution >= 4 is 5.97 Å². The van der Waals surface area contributed by atoms with Gasteiger partial charge in [-0.25, -0.2) is 4.79 Å². The van der Waals surface area contributed by atoms with Gasteiger partial charge in [-0.3, -0.25) is 0 Å². The van der Waals surface area contributed by atoms with E-state index in [1.54, 1.807) is 18.2 Å². The highest BCUT2D eigenvalue weighted by molar-refractivity contribution is 5.79. The van der Waals surface area contributed by atoms with Gasteiger partial charge in [-0.1, -0.05) is 30.3 Å². The van der Waals surface area contributed by atoms with E-state index in [0.29, 0.717) is 5.56 Å². The molecule has 0 spiro atoms. The molecule has 1 rings (SSSR count). The summed E-state index contributed by atoms with van der Waals surface area (Å²) in [6, 6.07) is 8.11. The molecule has 0 aliphatic rings. The molecule has 1 unspecified atom stereocenters. The Bertz CT molecular complexity index is 364. The summed E-state index contributed by atoms with van der Waals surface area (Å²) in [4.78, 5) is 10.9. The van der Waals surface area contributed by atoms with E-state index in [0.717, 1.165) is 0 Å². The number of carboxylic acid groups (broad SMARTS) is 1. The molecule has 0 radical (unpaired) electrons. The van der Waals surface area contributed by atoms with Crippen LogP contribution in [0, 0.1) is 12.3 Å². The zero-order chi connectivity index (χ0) is 10.6. The van der Waals surface area contributed by atoms with Crippen LogP contribution in [0.1, 0.15) is 12.0 Å². The summed E-state index contributed by atoms with van der Waals surface area (Å²) in [5.41, 5.74) is -1.68. The predicted octanol–water partition coefficient (Wildman–Crippen LogP) is 0.982. The lowest BCUT2D eigenvalue weighted by Gasteiger charge is -2.21. The molecule has 0 aliphatic heterocycles. The zero-order valence-corrected chi connectivity index (χ0v) is 7.47. The van der Waals surface area contributed by atoms with Crippen LogP contribution < -0.4 is 0 Å². The second kappa shape index (κ2) is 3.95. The van der Waals surface area contributed by atoms with Crippen molar-refractivity contribution in [2.45, 2.75) is 12.0 Å². The molecule has 0 saturated heterocycles. The Hall–Kier alpha value is -1.79. The van der Waals surface area contributed by atoms with E-state index >= 15 is 0 Å². The lowest BCUT2D eigenvalue weighted by atomic mass is 9.91. The van der Waals surface area contributed by atoms with Gasteiger partial charge < -0.3 is 10.2 Å². The average molecular weight is 190 g/mol. The Morgan fingerprint density at radius 3 is 2.43 bits per heavy atom. The minimum absolute atomic E-state index is 0.244. The van der Waals surface area contributed by atoms with E-state index in [-0.39, 0.29) is 6.42 Å². The number of hydrogen-bond donors (Lipinski definition) is 2. The van der Waals surface area contributed by atoms with Gasteiger partial charge in [-0.15, -0.1) is 12.3 Å². The zero-order valence-electron chi connectivity index (χ0n) is 7.47. The van der Waals surface area contributed by atoms with Crippen LogP contribution in [0.15, 0.2) is 30.3 Å². The summed E-state index contributed by atoms with van der Waals surface area (Å²) in [6.07, 6.45) is 4.77. The molecule has 14 heavy (non-hydrogen) atoms. The number of hydrogen-bond acceptors (Lipinski definition) is 2. The minimum atomic E-state index is -1.98. The first-order valence-corrected chi connectivity index (χ1v) is 4.06. The van der Waals surface area contributed by atoms with Gasteiger partial charge in [0, 0.05) is 0 Å². The third-order valence-electron chi connectivity index (χ3n) is 1.96. The molecule has 0 aliphatic carbocycles. The third kappa shape index (κ3) is 1.76. The highest BCUT2D eigenvalue weighted by Gasteiger charge is 2.36. The molecule has 1 aromatic rings. The number of benzene rings is 1. The molecule has 72 valence electrons. The standard InChI is InChI=1S/C11H10O3/c1-2-8-11(14,10(12)13)9-6-4-3-5-7-9/h1,3-7,14H,8H2,(H,12,13). The van der Waals surface area contributed by atoms with Crippen LogP contribution in [0.25, 0.3) is 0 Å². The van der Waals surface area contributed by atoms with Crippen molar-refractivity contribution in [3.8, 4) is 12.3 Å². The van der Waals surface area contributed by atoms with Gasteiger partial charge in [-0.05, 0) is 5.56 Å². The largest absolute Gasteiger partial charge is 0.479 e. The Morgan fingerprint density at radius 1 is 1.43 bits per heavy atom. The molecular formula is C11H10O3. The number of aliphatic carboxylic acids is 1. The first-order chi connectivity index (χ1) is 6.61. The molecule has 0 saturated carbocycles. The molecule has 0 heterocycles. The lowest BCUT2D eigenvalue weighted by molar-refractivity contribution is -0.159. The van der Waals surface area contributed by atoms with Crippen LogP contribution in [0.4, 0.5) is 0 Å². The van der Waals surface area contributed by atoms with E-state index in [9.17, 15) is 9.90 Å². The molecule has 0 amide bonds. The first-order valence-electron chi connectivity index (χ1n) is 4.06. The van der Waals surface area contributed by atoms with Crippen LogP contribution in [0.3, 0.4) is 0 Å². The van der Waals surface area contributed by atoms with Crippen LogP contribution in [0.2, 0.25) is 0 Å². The second-order valence-corrected chi connectivity index (χ2v) is 2.91. The van der Waals surface area contributed by atoms with Crippen molar-refractivity contribution in [3.63, 3.8) is 0 Å². The van der Waals surface area contributed by atoms with Gasteiger partial charge in [0.15, 0.2) is 5.60 Å². The van der Waals surface area contributed by atoms with Gasteiger partial charge in [0.1, 0.15) is 0 Å². The minimum Gasteiger partial charge on any atom is -0.479 e. The van der Waals surface area contributed by atoms with Gasteiger partial charge in [0.25, 0.3) is 0 Å². The maximum atomic E-state index is 10.9. The number of carboxylic acids is 1. The van der Waals surface area contributed by atoms with Crippen LogP contribution >= 0.6 is 0 Å². The van der Waals surface area contributed by atoms with Crippen LogP contribution in [-0.4, -0.2) is 16.2 Å². The van der Waals surface area contributed by atoms with Crippen molar-refractivity contribution in [1.29, 1.82) is 0 Å². The molecule has 1 atom stereocenters. The maximum Gasteiger partial charge on any atom is 0.341 e. The van der Waals surface area contributed by atoms with E-state index in [1.165, 1.54) is 12.1 Å². The van der Waals surface area contributed by atoms with E-state index in [1.807, 2.05) is 0 Å². The fraction of sp³-hybridized carbons (Fsp3) is 0.182. The Balaban J connectivity index is 3.14. The average Bonchev–Trinajstić information content (AvgIpc) is 2.19. The van der Waals surface area contributed by atoms with Crippen LogP contribution in [0.5, 0.6) is 0 Å². The molecule has 3 nitrogen and oxygen atoms in total. The topological polar surface area (TPSA) is 57.5 Å². The van der Waals surface area contributed by atoms with Crippen molar-refractivity contribution in [3.05, 3.63) is 35.9 Å². The molecule has 0 aromatic heterocycles. The summed E-state index contributed by atoms with van der Waals surface area (Å²) < 4.78 is 0. The van der Waals surface area contributed by atoms with Gasteiger partial charge in [0.2, 0.25) is 0 Å². The van der Waals surface area contributed by atoms with Crippen molar-refractivity contribution < 1.29 is 15.0 Å². The quantitative estimate of drug-likeness (QED) is 0.698.